The Morgan fingerprint density at radius 2 is 1.89 bits per heavy atom. The quantitative estimate of drug-likeness (QED) is 0.882. The summed E-state index contributed by atoms with van der Waals surface area (Å²) in [5, 5.41) is 0.705. The summed E-state index contributed by atoms with van der Waals surface area (Å²) in [6.07, 6.45) is 1.43. The summed E-state index contributed by atoms with van der Waals surface area (Å²) in [5.41, 5.74) is 0.925. The van der Waals surface area contributed by atoms with E-state index in [0.717, 1.165) is 0 Å². The maximum absolute atomic E-state index is 12.2. The zero-order valence-electron chi connectivity index (χ0n) is 9.89. The average Bonchev–Trinajstić information content (AvgIpc) is 2.27. The lowest BCUT2D eigenvalue weighted by atomic mass is 10.2. The molecule has 4 nitrogen and oxygen atoms in total. The molecule has 2 aromatic rings. The van der Waals surface area contributed by atoms with Gasteiger partial charge in [-0.15, -0.1) is 0 Å². The molecule has 7 heteroatoms. The van der Waals surface area contributed by atoms with E-state index in [0.29, 0.717) is 16.3 Å². The van der Waals surface area contributed by atoms with E-state index < -0.39 is 10.0 Å². The lowest BCUT2D eigenvalue weighted by Crippen LogP contribution is -2.14. The number of rotatable bonds is 3. The van der Waals surface area contributed by atoms with Crippen LogP contribution in [0.3, 0.4) is 0 Å². The van der Waals surface area contributed by atoms with Gasteiger partial charge in [-0.2, -0.15) is 0 Å². The Kier molecular flexibility index (Phi) is 3.99. The molecule has 19 heavy (non-hydrogen) atoms. The SMILES string of the molecule is Cc1cc(Cl)ccc1S(=O)(=O)Nc1ccnc(Cl)c1. The van der Waals surface area contributed by atoms with Crippen LogP contribution in [0.4, 0.5) is 5.69 Å². The molecule has 0 unspecified atom stereocenters. The fourth-order valence-corrected chi connectivity index (χ4v) is 3.27. The van der Waals surface area contributed by atoms with Crippen LogP contribution in [0, 0.1) is 6.92 Å². The number of nitrogens with zero attached hydrogens (tertiary/aromatic N) is 1. The lowest BCUT2D eigenvalue weighted by molar-refractivity contribution is 0.600. The molecule has 0 aliphatic heterocycles. The van der Waals surface area contributed by atoms with Crippen molar-refractivity contribution in [3.63, 3.8) is 0 Å². The number of halogens is 2. The van der Waals surface area contributed by atoms with Crippen LogP contribution in [-0.4, -0.2) is 13.4 Å². The van der Waals surface area contributed by atoms with Crippen LogP contribution in [0.1, 0.15) is 5.56 Å². The zero-order valence-corrected chi connectivity index (χ0v) is 12.2. The van der Waals surface area contributed by atoms with E-state index >= 15 is 0 Å². The van der Waals surface area contributed by atoms with Crippen LogP contribution in [0.15, 0.2) is 41.4 Å². The Balaban J connectivity index is 2.38. The minimum absolute atomic E-state index is 0.171. The first kappa shape index (κ1) is 14.1. The van der Waals surface area contributed by atoms with Crippen LogP contribution in [0.2, 0.25) is 10.2 Å². The molecule has 0 bridgehead atoms. The van der Waals surface area contributed by atoms with Crippen LogP contribution in [-0.2, 0) is 10.0 Å². The third kappa shape index (κ3) is 3.37. The number of anilines is 1. The maximum Gasteiger partial charge on any atom is 0.262 e. The first-order valence-electron chi connectivity index (χ1n) is 5.29. The molecule has 0 aliphatic rings. The molecular formula is C12H10Cl2N2O2S. The number of hydrogen-bond donors (Lipinski definition) is 1. The van der Waals surface area contributed by atoms with E-state index in [1.807, 2.05) is 0 Å². The minimum atomic E-state index is -3.67. The number of aromatic nitrogens is 1. The van der Waals surface area contributed by atoms with Gasteiger partial charge in [-0.3, -0.25) is 4.72 Å². The molecule has 1 N–H and O–H groups in total. The molecule has 1 heterocycles. The number of pyridine rings is 1. The zero-order chi connectivity index (χ0) is 14.0. The van der Waals surface area contributed by atoms with Gasteiger partial charge in [-0.25, -0.2) is 13.4 Å². The first-order chi connectivity index (χ1) is 8.88. The molecule has 0 spiro atoms. The van der Waals surface area contributed by atoms with Crippen molar-refractivity contribution in [2.45, 2.75) is 11.8 Å². The van der Waals surface area contributed by atoms with Gasteiger partial charge in [0.15, 0.2) is 0 Å². The predicted molar refractivity (Wildman–Crippen MR) is 76.2 cm³/mol. The predicted octanol–water partition coefficient (Wildman–Crippen LogP) is 3.50. The fourth-order valence-electron chi connectivity index (χ4n) is 1.59. The second kappa shape index (κ2) is 5.36. The molecular weight excluding hydrogens is 307 g/mol. The van der Waals surface area contributed by atoms with Gasteiger partial charge in [-0.1, -0.05) is 23.2 Å². The third-order valence-corrected chi connectivity index (χ3v) is 4.39. The summed E-state index contributed by atoms with van der Waals surface area (Å²) < 4.78 is 26.9. The highest BCUT2D eigenvalue weighted by atomic mass is 35.5. The topological polar surface area (TPSA) is 59.1 Å². The summed E-state index contributed by atoms with van der Waals surface area (Å²) in [6, 6.07) is 7.54. The van der Waals surface area contributed by atoms with E-state index in [1.54, 1.807) is 13.0 Å². The number of benzene rings is 1. The van der Waals surface area contributed by atoms with Crippen LogP contribution in [0.25, 0.3) is 0 Å². The molecule has 2 rings (SSSR count). The normalized spacial score (nSPS) is 11.3. The summed E-state index contributed by atoms with van der Waals surface area (Å²) in [5.74, 6) is 0. The third-order valence-electron chi connectivity index (χ3n) is 2.41. The van der Waals surface area contributed by atoms with E-state index in [4.69, 9.17) is 23.2 Å². The monoisotopic (exact) mass is 316 g/mol. The van der Waals surface area contributed by atoms with Crippen LogP contribution < -0.4 is 4.72 Å². The second-order valence-corrected chi connectivity index (χ2v) is 6.36. The highest BCUT2D eigenvalue weighted by Gasteiger charge is 2.17. The molecule has 0 fully saturated rings. The van der Waals surface area contributed by atoms with Gasteiger partial charge >= 0.3 is 0 Å². The van der Waals surface area contributed by atoms with Crippen molar-refractivity contribution in [3.05, 3.63) is 52.3 Å². The van der Waals surface area contributed by atoms with Gasteiger partial charge in [0.2, 0.25) is 0 Å². The van der Waals surface area contributed by atoms with Gasteiger partial charge in [0, 0.05) is 11.2 Å². The second-order valence-electron chi connectivity index (χ2n) is 3.88. The van der Waals surface area contributed by atoms with Crippen molar-refractivity contribution in [1.82, 2.24) is 4.98 Å². The molecule has 0 aliphatic carbocycles. The van der Waals surface area contributed by atoms with Gasteiger partial charge in [0.25, 0.3) is 10.0 Å². The molecule has 0 saturated heterocycles. The highest BCUT2D eigenvalue weighted by molar-refractivity contribution is 7.92. The standard InChI is InChI=1S/C12H10Cl2N2O2S/c1-8-6-9(13)2-3-11(8)19(17,18)16-10-4-5-15-12(14)7-10/h2-7H,1H3,(H,15,16). The Morgan fingerprint density at radius 3 is 2.53 bits per heavy atom. The van der Waals surface area contributed by atoms with Gasteiger partial charge in [-0.05, 0) is 42.8 Å². The van der Waals surface area contributed by atoms with E-state index in [2.05, 4.69) is 9.71 Å². The Morgan fingerprint density at radius 1 is 1.16 bits per heavy atom. The largest absolute Gasteiger partial charge is 0.279 e. The smallest absolute Gasteiger partial charge is 0.262 e. The van der Waals surface area contributed by atoms with Crippen molar-refractivity contribution < 1.29 is 8.42 Å². The van der Waals surface area contributed by atoms with Gasteiger partial charge in [0.1, 0.15) is 5.15 Å². The maximum atomic E-state index is 12.2. The molecule has 0 amide bonds. The molecule has 100 valence electrons. The van der Waals surface area contributed by atoms with Crippen LogP contribution in [0.5, 0.6) is 0 Å². The number of aryl methyl sites for hydroxylation is 1. The first-order valence-corrected chi connectivity index (χ1v) is 7.53. The van der Waals surface area contributed by atoms with E-state index in [1.165, 1.54) is 30.5 Å². The summed E-state index contributed by atoms with van der Waals surface area (Å²) >= 11 is 11.5. The summed E-state index contributed by atoms with van der Waals surface area (Å²) in [4.78, 5) is 3.96. The van der Waals surface area contributed by atoms with E-state index in [-0.39, 0.29) is 10.0 Å². The summed E-state index contributed by atoms with van der Waals surface area (Å²) in [7, 11) is -3.67. The van der Waals surface area contributed by atoms with Crippen molar-refractivity contribution in [2.24, 2.45) is 0 Å². The molecule has 0 radical (unpaired) electrons. The Hall–Kier alpha value is -1.30. The van der Waals surface area contributed by atoms with Crippen LogP contribution >= 0.6 is 23.2 Å². The summed E-state index contributed by atoms with van der Waals surface area (Å²) in [6.45, 7) is 1.68. The van der Waals surface area contributed by atoms with Gasteiger partial charge in [0.05, 0.1) is 10.6 Å². The molecule has 0 atom stereocenters. The molecule has 1 aromatic carbocycles. The number of hydrogen-bond acceptors (Lipinski definition) is 3. The van der Waals surface area contributed by atoms with E-state index in [9.17, 15) is 8.42 Å². The van der Waals surface area contributed by atoms with Crippen molar-refractivity contribution in [1.29, 1.82) is 0 Å². The van der Waals surface area contributed by atoms with Crippen molar-refractivity contribution in [3.8, 4) is 0 Å². The highest BCUT2D eigenvalue weighted by Crippen LogP contribution is 2.22. The van der Waals surface area contributed by atoms with Crippen molar-refractivity contribution in [2.75, 3.05) is 4.72 Å². The Labute approximate surface area is 121 Å². The molecule has 1 aromatic heterocycles. The van der Waals surface area contributed by atoms with Gasteiger partial charge < -0.3 is 0 Å². The minimum Gasteiger partial charge on any atom is -0.279 e. The fraction of sp³-hybridized carbons (Fsp3) is 0.0833. The number of nitrogens with one attached hydrogen (secondary N) is 1. The molecule has 0 saturated carbocycles. The Bertz CT molecular complexity index is 717. The lowest BCUT2D eigenvalue weighted by Gasteiger charge is -2.10. The average molecular weight is 317 g/mol. The van der Waals surface area contributed by atoms with Crippen molar-refractivity contribution >= 4 is 38.9 Å². The number of sulfonamides is 1.